The molecule has 1 fully saturated rings. The molecule has 21 heavy (non-hydrogen) atoms. The number of carboxylic acid groups (broad SMARTS) is 1. The number of hydrogen-bond donors (Lipinski definition) is 2. The highest BCUT2D eigenvalue weighted by Crippen LogP contribution is 2.35. The summed E-state index contributed by atoms with van der Waals surface area (Å²) in [6, 6.07) is 9.15. The minimum absolute atomic E-state index is 0.0121. The average Bonchev–Trinajstić information content (AvgIpc) is 3.07. The number of aliphatic carboxylic acids is 1. The van der Waals surface area contributed by atoms with Crippen molar-refractivity contribution in [3.63, 3.8) is 0 Å². The molecule has 0 saturated heterocycles. The lowest BCUT2D eigenvalue weighted by molar-refractivity contribution is -0.140. The maximum absolute atomic E-state index is 12.0. The van der Waals surface area contributed by atoms with Gasteiger partial charge in [-0.1, -0.05) is 35.0 Å². The van der Waals surface area contributed by atoms with Crippen molar-refractivity contribution in [3.8, 4) is 11.3 Å². The minimum Gasteiger partial charge on any atom is -0.480 e. The lowest BCUT2D eigenvalue weighted by Gasteiger charge is -2.09. The maximum Gasteiger partial charge on any atom is 0.329 e. The van der Waals surface area contributed by atoms with Crippen LogP contribution in [-0.2, 0) is 4.79 Å². The molecule has 108 valence electrons. The number of carbonyl (C=O) groups is 2. The lowest BCUT2D eigenvalue weighted by Crippen LogP contribution is -2.42. The number of amides is 1. The summed E-state index contributed by atoms with van der Waals surface area (Å²) in [5.41, 5.74) is 1.37. The number of carbonyl (C=O) groups excluding carboxylic acids is 1. The van der Waals surface area contributed by atoms with Gasteiger partial charge in [-0.3, -0.25) is 4.79 Å². The van der Waals surface area contributed by atoms with Crippen molar-refractivity contribution in [2.45, 2.75) is 25.3 Å². The van der Waals surface area contributed by atoms with Crippen LogP contribution < -0.4 is 5.32 Å². The molecule has 0 spiro atoms. The molecule has 6 heteroatoms. The van der Waals surface area contributed by atoms with E-state index >= 15 is 0 Å². The van der Waals surface area contributed by atoms with Crippen LogP contribution in [0.1, 0.15) is 29.0 Å². The fourth-order valence-electron chi connectivity index (χ4n) is 2.04. The first-order valence-corrected chi connectivity index (χ1v) is 6.60. The summed E-state index contributed by atoms with van der Waals surface area (Å²) in [7, 11) is 0. The zero-order valence-electron chi connectivity index (χ0n) is 11.4. The van der Waals surface area contributed by atoms with Gasteiger partial charge >= 0.3 is 5.97 Å². The van der Waals surface area contributed by atoms with Gasteiger partial charge in [0.25, 0.3) is 5.91 Å². The second kappa shape index (κ2) is 4.73. The first-order valence-electron chi connectivity index (χ1n) is 6.60. The van der Waals surface area contributed by atoms with Gasteiger partial charge in [-0.2, -0.15) is 0 Å². The molecular weight excluding hydrogens is 272 g/mol. The smallest absolute Gasteiger partial charge is 0.329 e. The standard InChI is InChI=1S/C15H14N2O4/c1-9-2-4-10(5-3-9)11-8-12(21-17-11)13(18)16-15(6-7-15)14(19)20/h2-5,8H,6-7H2,1H3,(H,16,18)(H,19,20). The summed E-state index contributed by atoms with van der Waals surface area (Å²) in [6.07, 6.45) is 0.875. The third-order valence-corrected chi connectivity index (χ3v) is 3.59. The van der Waals surface area contributed by atoms with E-state index in [9.17, 15) is 9.59 Å². The zero-order valence-corrected chi connectivity index (χ0v) is 11.4. The van der Waals surface area contributed by atoms with Crippen molar-refractivity contribution < 1.29 is 19.2 Å². The van der Waals surface area contributed by atoms with E-state index in [1.165, 1.54) is 6.07 Å². The summed E-state index contributed by atoms with van der Waals surface area (Å²) < 4.78 is 5.01. The number of aryl methyl sites for hydroxylation is 1. The van der Waals surface area contributed by atoms with Crippen LogP contribution in [0.25, 0.3) is 11.3 Å². The van der Waals surface area contributed by atoms with E-state index in [2.05, 4.69) is 10.5 Å². The Kier molecular flexibility index (Phi) is 3.01. The third-order valence-electron chi connectivity index (χ3n) is 3.59. The molecule has 2 N–H and O–H groups in total. The van der Waals surface area contributed by atoms with E-state index < -0.39 is 17.4 Å². The van der Waals surface area contributed by atoms with Crippen LogP contribution in [0.2, 0.25) is 0 Å². The van der Waals surface area contributed by atoms with Gasteiger partial charge < -0.3 is 14.9 Å². The lowest BCUT2D eigenvalue weighted by atomic mass is 10.1. The molecule has 3 rings (SSSR count). The topological polar surface area (TPSA) is 92.4 Å². The largest absolute Gasteiger partial charge is 0.480 e. The van der Waals surface area contributed by atoms with Crippen LogP contribution in [0.4, 0.5) is 0 Å². The van der Waals surface area contributed by atoms with Crippen molar-refractivity contribution in [1.82, 2.24) is 10.5 Å². The number of nitrogens with one attached hydrogen (secondary N) is 1. The Labute approximate surface area is 120 Å². The Morgan fingerprint density at radius 3 is 2.52 bits per heavy atom. The summed E-state index contributed by atoms with van der Waals surface area (Å²) in [6.45, 7) is 1.98. The van der Waals surface area contributed by atoms with E-state index in [1.807, 2.05) is 31.2 Å². The normalized spacial score (nSPS) is 15.5. The van der Waals surface area contributed by atoms with Crippen LogP contribution >= 0.6 is 0 Å². The van der Waals surface area contributed by atoms with Gasteiger partial charge in [0, 0.05) is 11.6 Å². The molecule has 2 aromatic rings. The van der Waals surface area contributed by atoms with Gasteiger partial charge in [0.1, 0.15) is 11.2 Å². The summed E-state index contributed by atoms with van der Waals surface area (Å²) in [4.78, 5) is 23.0. The van der Waals surface area contributed by atoms with Crippen LogP contribution in [0.3, 0.4) is 0 Å². The average molecular weight is 286 g/mol. The Morgan fingerprint density at radius 1 is 1.29 bits per heavy atom. The molecular formula is C15H14N2O4. The molecule has 0 unspecified atom stereocenters. The fraction of sp³-hybridized carbons (Fsp3) is 0.267. The molecule has 0 aliphatic heterocycles. The van der Waals surface area contributed by atoms with Gasteiger partial charge in [0.2, 0.25) is 5.76 Å². The quantitative estimate of drug-likeness (QED) is 0.896. The van der Waals surface area contributed by atoms with Crippen LogP contribution in [0, 0.1) is 6.92 Å². The molecule has 1 aromatic heterocycles. The van der Waals surface area contributed by atoms with Gasteiger partial charge in [-0.15, -0.1) is 0 Å². The van der Waals surface area contributed by atoms with Crippen LogP contribution in [-0.4, -0.2) is 27.7 Å². The summed E-state index contributed by atoms with van der Waals surface area (Å²) in [5.74, 6) is -1.56. The predicted octanol–water partition coefficient (Wildman–Crippen LogP) is 2.00. The van der Waals surface area contributed by atoms with Crippen molar-refractivity contribution >= 4 is 11.9 Å². The minimum atomic E-state index is -1.13. The van der Waals surface area contributed by atoms with Crippen LogP contribution in [0.5, 0.6) is 0 Å². The highest BCUT2D eigenvalue weighted by atomic mass is 16.5. The molecule has 1 amide bonds. The fourth-order valence-corrected chi connectivity index (χ4v) is 2.04. The van der Waals surface area contributed by atoms with Gasteiger partial charge in [0.15, 0.2) is 0 Å². The number of carboxylic acids is 1. The number of rotatable bonds is 4. The molecule has 1 aliphatic carbocycles. The highest BCUT2D eigenvalue weighted by molar-refractivity contribution is 5.97. The number of aromatic nitrogens is 1. The molecule has 0 bridgehead atoms. The van der Waals surface area contributed by atoms with E-state index in [4.69, 9.17) is 9.63 Å². The SMILES string of the molecule is Cc1ccc(-c2cc(C(=O)NC3(C(=O)O)CC3)on2)cc1. The Hall–Kier alpha value is -2.63. The van der Waals surface area contributed by atoms with E-state index in [0.29, 0.717) is 18.5 Å². The predicted molar refractivity (Wildman–Crippen MR) is 73.7 cm³/mol. The van der Waals surface area contributed by atoms with Gasteiger partial charge in [-0.05, 0) is 19.8 Å². The molecule has 0 atom stereocenters. The van der Waals surface area contributed by atoms with Crippen molar-refractivity contribution in [2.75, 3.05) is 0 Å². The molecule has 0 radical (unpaired) electrons. The van der Waals surface area contributed by atoms with Gasteiger partial charge in [0.05, 0.1) is 0 Å². The Morgan fingerprint density at radius 2 is 1.95 bits per heavy atom. The maximum atomic E-state index is 12.0. The monoisotopic (exact) mass is 286 g/mol. The van der Waals surface area contributed by atoms with E-state index in [1.54, 1.807) is 0 Å². The van der Waals surface area contributed by atoms with Gasteiger partial charge in [-0.25, -0.2) is 4.79 Å². The van der Waals surface area contributed by atoms with Crippen molar-refractivity contribution in [2.24, 2.45) is 0 Å². The molecule has 1 aliphatic rings. The van der Waals surface area contributed by atoms with Crippen molar-refractivity contribution in [1.29, 1.82) is 0 Å². The number of benzene rings is 1. The Bertz CT molecular complexity index is 699. The first kappa shape index (κ1) is 13.4. The summed E-state index contributed by atoms with van der Waals surface area (Å²) in [5, 5.41) is 15.4. The van der Waals surface area contributed by atoms with Crippen molar-refractivity contribution in [3.05, 3.63) is 41.7 Å². The molecule has 1 heterocycles. The van der Waals surface area contributed by atoms with Crippen LogP contribution in [0.15, 0.2) is 34.9 Å². The van der Waals surface area contributed by atoms with E-state index in [-0.39, 0.29) is 5.76 Å². The second-order valence-corrected chi connectivity index (χ2v) is 5.28. The highest BCUT2D eigenvalue weighted by Gasteiger charge is 2.52. The third kappa shape index (κ3) is 2.52. The molecule has 1 aromatic carbocycles. The number of nitrogens with zero attached hydrogens (tertiary/aromatic N) is 1. The van der Waals surface area contributed by atoms with E-state index in [0.717, 1.165) is 11.1 Å². The molecule has 1 saturated carbocycles. The summed E-state index contributed by atoms with van der Waals surface area (Å²) >= 11 is 0. The second-order valence-electron chi connectivity index (χ2n) is 5.28. The molecule has 6 nitrogen and oxygen atoms in total. The first-order chi connectivity index (χ1) is 10.00. The Balaban J connectivity index is 1.77. The number of hydrogen-bond acceptors (Lipinski definition) is 4. The zero-order chi connectivity index (χ0) is 15.0.